The number of hydrogen-bond acceptors (Lipinski definition) is 3. The summed E-state index contributed by atoms with van der Waals surface area (Å²) in [5.74, 6) is 0. The summed E-state index contributed by atoms with van der Waals surface area (Å²) in [5, 5.41) is 0. The van der Waals surface area contributed by atoms with Crippen LogP contribution in [0.4, 0.5) is 5.69 Å². The Hall–Kier alpha value is -2.14. The van der Waals surface area contributed by atoms with Gasteiger partial charge in [0.05, 0.1) is 4.90 Å². The molecule has 0 spiro atoms. The maximum atomic E-state index is 12.1. The number of benzene rings is 2. The van der Waals surface area contributed by atoms with E-state index in [0.29, 0.717) is 18.5 Å². The molecule has 0 aliphatic rings. The molecule has 2 aromatic carbocycles. The highest BCUT2D eigenvalue weighted by molar-refractivity contribution is 7.92. The molecule has 0 amide bonds. The number of carbonyl (C=O) groups is 1. The quantitative estimate of drug-likeness (QED) is 0.831. The Morgan fingerprint density at radius 3 is 2.20 bits per heavy atom. The normalized spacial score (nSPS) is 11.0. The number of anilines is 1. The molecule has 0 bridgehead atoms. The second-order valence-corrected chi connectivity index (χ2v) is 6.00. The smallest absolute Gasteiger partial charge is 0.261 e. The van der Waals surface area contributed by atoms with Crippen molar-refractivity contribution in [1.82, 2.24) is 0 Å². The Morgan fingerprint density at radius 1 is 0.950 bits per heavy atom. The average molecular weight is 289 g/mol. The fourth-order valence-corrected chi connectivity index (χ4v) is 2.86. The van der Waals surface area contributed by atoms with E-state index in [1.807, 2.05) is 12.1 Å². The number of rotatable bonds is 6. The highest BCUT2D eigenvalue weighted by Crippen LogP contribution is 2.16. The minimum Gasteiger partial charge on any atom is -0.303 e. The fourth-order valence-electron chi connectivity index (χ4n) is 1.78. The Labute approximate surface area is 118 Å². The molecule has 20 heavy (non-hydrogen) atoms. The minimum absolute atomic E-state index is 0.227. The molecule has 0 radical (unpaired) electrons. The summed E-state index contributed by atoms with van der Waals surface area (Å²) in [7, 11) is -3.55. The van der Waals surface area contributed by atoms with Gasteiger partial charge in [-0.15, -0.1) is 0 Å². The third-order valence-electron chi connectivity index (χ3n) is 2.81. The molecule has 2 aromatic rings. The van der Waals surface area contributed by atoms with Gasteiger partial charge in [0, 0.05) is 12.1 Å². The van der Waals surface area contributed by atoms with E-state index >= 15 is 0 Å². The van der Waals surface area contributed by atoms with Gasteiger partial charge in [-0.25, -0.2) is 8.42 Å². The molecule has 104 valence electrons. The van der Waals surface area contributed by atoms with Crippen molar-refractivity contribution in [3.8, 4) is 0 Å². The zero-order chi connectivity index (χ0) is 14.4. The van der Waals surface area contributed by atoms with Crippen molar-refractivity contribution in [3.63, 3.8) is 0 Å². The molecular formula is C15H15NO3S. The second-order valence-electron chi connectivity index (χ2n) is 4.32. The molecule has 0 aliphatic carbocycles. The van der Waals surface area contributed by atoms with Crippen molar-refractivity contribution in [3.05, 3.63) is 60.2 Å². The van der Waals surface area contributed by atoms with Crippen molar-refractivity contribution in [1.29, 1.82) is 0 Å². The van der Waals surface area contributed by atoms with E-state index in [1.54, 1.807) is 42.5 Å². The summed E-state index contributed by atoms with van der Waals surface area (Å²) in [6, 6.07) is 15.2. The maximum absolute atomic E-state index is 12.1. The SMILES string of the molecule is O=CCCc1ccc(NS(=O)(=O)c2ccccc2)cc1. The largest absolute Gasteiger partial charge is 0.303 e. The van der Waals surface area contributed by atoms with E-state index < -0.39 is 10.0 Å². The summed E-state index contributed by atoms with van der Waals surface area (Å²) >= 11 is 0. The third-order valence-corrected chi connectivity index (χ3v) is 4.21. The lowest BCUT2D eigenvalue weighted by atomic mass is 10.1. The van der Waals surface area contributed by atoms with Crippen molar-refractivity contribution >= 4 is 22.0 Å². The van der Waals surface area contributed by atoms with E-state index in [1.165, 1.54) is 0 Å². The van der Waals surface area contributed by atoms with Gasteiger partial charge in [0.1, 0.15) is 6.29 Å². The van der Waals surface area contributed by atoms with E-state index in [-0.39, 0.29) is 4.90 Å². The van der Waals surface area contributed by atoms with Crippen LogP contribution in [0, 0.1) is 0 Å². The minimum atomic E-state index is -3.55. The summed E-state index contributed by atoms with van der Waals surface area (Å²) in [4.78, 5) is 10.5. The van der Waals surface area contributed by atoms with Crippen LogP contribution in [-0.2, 0) is 21.2 Å². The first-order valence-electron chi connectivity index (χ1n) is 6.22. The molecule has 0 aliphatic heterocycles. The topological polar surface area (TPSA) is 63.2 Å². The Bertz CT molecular complexity index is 664. The van der Waals surface area contributed by atoms with Crippen LogP contribution in [0.25, 0.3) is 0 Å². The highest BCUT2D eigenvalue weighted by Gasteiger charge is 2.12. The molecule has 4 nitrogen and oxygen atoms in total. The molecular weight excluding hydrogens is 274 g/mol. The van der Waals surface area contributed by atoms with Crippen LogP contribution in [0.2, 0.25) is 0 Å². The summed E-state index contributed by atoms with van der Waals surface area (Å²) < 4.78 is 26.7. The van der Waals surface area contributed by atoms with Gasteiger partial charge in [-0.3, -0.25) is 4.72 Å². The lowest BCUT2D eigenvalue weighted by molar-refractivity contribution is -0.107. The Kier molecular flexibility index (Phi) is 4.53. The zero-order valence-corrected chi connectivity index (χ0v) is 11.6. The number of sulfonamides is 1. The van der Waals surface area contributed by atoms with E-state index in [2.05, 4.69) is 4.72 Å². The van der Waals surface area contributed by atoms with Crippen molar-refractivity contribution in [2.24, 2.45) is 0 Å². The summed E-state index contributed by atoms with van der Waals surface area (Å²) in [6.07, 6.45) is 2.00. The van der Waals surface area contributed by atoms with Crippen molar-refractivity contribution in [2.75, 3.05) is 4.72 Å². The van der Waals surface area contributed by atoms with Gasteiger partial charge in [-0.1, -0.05) is 30.3 Å². The van der Waals surface area contributed by atoms with Gasteiger partial charge in [0.25, 0.3) is 10.0 Å². The summed E-state index contributed by atoms with van der Waals surface area (Å²) in [6.45, 7) is 0. The predicted molar refractivity (Wildman–Crippen MR) is 78.1 cm³/mol. The van der Waals surface area contributed by atoms with E-state index in [4.69, 9.17) is 0 Å². The molecule has 2 rings (SSSR count). The molecule has 0 atom stereocenters. The third kappa shape index (κ3) is 3.68. The van der Waals surface area contributed by atoms with Gasteiger partial charge < -0.3 is 4.79 Å². The maximum Gasteiger partial charge on any atom is 0.261 e. The lowest BCUT2D eigenvalue weighted by Crippen LogP contribution is -2.12. The lowest BCUT2D eigenvalue weighted by Gasteiger charge is -2.08. The Balaban J connectivity index is 2.12. The van der Waals surface area contributed by atoms with Crippen LogP contribution >= 0.6 is 0 Å². The fraction of sp³-hybridized carbons (Fsp3) is 0.133. The van der Waals surface area contributed by atoms with E-state index in [0.717, 1.165) is 11.8 Å². The van der Waals surface area contributed by atoms with Crippen LogP contribution in [0.5, 0.6) is 0 Å². The molecule has 5 heteroatoms. The van der Waals surface area contributed by atoms with Crippen LogP contribution in [0.1, 0.15) is 12.0 Å². The molecule has 0 aromatic heterocycles. The van der Waals surface area contributed by atoms with Crippen LogP contribution in [-0.4, -0.2) is 14.7 Å². The van der Waals surface area contributed by atoms with Crippen LogP contribution < -0.4 is 4.72 Å². The standard InChI is InChI=1S/C15H15NO3S/c17-12-4-5-13-8-10-14(11-9-13)16-20(18,19)15-6-2-1-3-7-15/h1-3,6-12,16H,4-5H2. The molecule has 1 N–H and O–H groups in total. The summed E-state index contributed by atoms with van der Waals surface area (Å²) in [5.41, 5.74) is 1.50. The van der Waals surface area contributed by atoms with Gasteiger partial charge in [0.15, 0.2) is 0 Å². The highest BCUT2D eigenvalue weighted by atomic mass is 32.2. The molecule has 0 heterocycles. The molecule has 0 fully saturated rings. The number of aldehydes is 1. The predicted octanol–water partition coefficient (Wildman–Crippen LogP) is 2.62. The van der Waals surface area contributed by atoms with Gasteiger partial charge in [-0.2, -0.15) is 0 Å². The van der Waals surface area contributed by atoms with Crippen molar-refractivity contribution in [2.45, 2.75) is 17.7 Å². The van der Waals surface area contributed by atoms with Crippen LogP contribution in [0.15, 0.2) is 59.5 Å². The zero-order valence-electron chi connectivity index (χ0n) is 10.8. The number of nitrogens with one attached hydrogen (secondary N) is 1. The number of hydrogen-bond donors (Lipinski definition) is 1. The second kappa shape index (κ2) is 6.34. The van der Waals surface area contributed by atoms with Gasteiger partial charge >= 0.3 is 0 Å². The van der Waals surface area contributed by atoms with Crippen LogP contribution in [0.3, 0.4) is 0 Å². The number of carbonyl (C=O) groups excluding carboxylic acids is 1. The van der Waals surface area contributed by atoms with E-state index in [9.17, 15) is 13.2 Å². The molecule has 0 saturated heterocycles. The molecule has 0 saturated carbocycles. The number of aryl methyl sites for hydroxylation is 1. The van der Waals surface area contributed by atoms with Crippen molar-refractivity contribution < 1.29 is 13.2 Å². The van der Waals surface area contributed by atoms with Gasteiger partial charge in [-0.05, 0) is 36.2 Å². The Morgan fingerprint density at radius 2 is 1.60 bits per heavy atom. The average Bonchev–Trinajstić information content (AvgIpc) is 2.47. The molecule has 0 unspecified atom stereocenters. The monoisotopic (exact) mass is 289 g/mol. The van der Waals surface area contributed by atoms with Gasteiger partial charge in [0.2, 0.25) is 0 Å². The first kappa shape index (κ1) is 14.3. The first-order chi connectivity index (χ1) is 9.62. The first-order valence-corrected chi connectivity index (χ1v) is 7.70.